The maximum atomic E-state index is 9.21. The van der Waals surface area contributed by atoms with Crippen LogP contribution in [-0.4, -0.2) is 11.7 Å². The first-order chi connectivity index (χ1) is 5.92. The van der Waals surface area contributed by atoms with E-state index >= 15 is 0 Å². The largest absolute Gasteiger partial charge is 0.396 e. The molecule has 0 aliphatic heterocycles. The summed E-state index contributed by atoms with van der Waals surface area (Å²) < 4.78 is 0. The van der Waals surface area contributed by atoms with Crippen molar-refractivity contribution in [2.24, 2.45) is 17.8 Å². The Kier molecular flexibility index (Phi) is 2.50. The number of hydrogen-bond acceptors (Lipinski definition) is 1. The van der Waals surface area contributed by atoms with Gasteiger partial charge in [-0.1, -0.05) is 18.6 Å². The second kappa shape index (κ2) is 3.61. The van der Waals surface area contributed by atoms with E-state index in [9.17, 15) is 5.11 Å². The highest BCUT2D eigenvalue weighted by atomic mass is 16.3. The SMILES string of the molecule is OCC1CCCC2CC=CCC12. The van der Waals surface area contributed by atoms with Crippen LogP contribution in [0.1, 0.15) is 32.1 Å². The van der Waals surface area contributed by atoms with Crippen molar-refractivity contribution in [3.63, 3.8) is 0 Å². The number of aliphatic hydroxyl groups is 1. The summed E-state index contributed by atoms with van der Waals surface area (Å²) in [5.41, 5.74) is 0. The molecule has 1 heteroatoms. The molecular weight excluding hydrogens is 148 g/mol. The zero-order valence-corrected chi connectivity index (χ0v) is 7.58. The Morgan fingerprint density at radius 3 is 2.83 bits per heavy atom. The Morgan fingerprint density at radius 1 is 1.17 bits per heavy atom. The summed E-state index contributed by atoms with van der Waals surface area (Å²) in [5.74, 6) is 2.29. The molecule has 3 unspecified atom stereocenters. The minimum atomic E-state index is 0.412. The number of rotatable bonds is 1. The molecule has 1 N–H and O–H groups in total. The van der Waals surface area contributed by atoms with Crippen LogP contribution in [0.25, 0.3) is 0 Å². The average molecular weight is 166 g/mol. The normalized spacial score (nSPS) is 40.9. The van der Waals surface area contributed by atoms with Gasteiger partial charge in [0.2, 0.25) is 0 Å². The van der Waals surface area contributed by atoms with Gasteiger partial charge in [0.05, 0.1) is 0 Å². The topological polar surface area (TPSA) is 20.2 Å². The van der Waals surface area contributed by atoms with Crippen LogP contribution in [0.15, 0.2) is 12.2 Å². The second-order valence-electron chi connectivity index (χ2n) is 4.24. The molecule has 68 valence electrons. The van der Waals surface area contributed by atoms with Crippen LogP contribution in [0.3, 0.4) is 0 Å². The van der Waals surface area contributed by atoms with E-state index in [4.69, 9.17) is 0 Å². The Bertz CT molecular complexity index is 174. The maximum absolute atomic E-state index is 9.21. The van der Waals surface area contributed by atoms with Gasteiger partial charge in [0.15, 0.2) is 0 Å². The van der Waals surface area contributed by atoms with Crippen molar-refractivity contribution in [1.29, 1.82) is 0 Å². The van der Waals surface area contributed by atoms with Gasteiger partial charge in [-0.15, -0.1) is 0 Å². The van der Waals surface area contributed by atoms with E-state index in [1.807, 2.05) is 0 Å². The molecule has 0 radical (unpaired) electrons. The van der Waals surface area contributed by atoms with Crippen LogP contribution in [0.5, 0.6) is 0 Å². The van der Waals surface area contributed by atoms with Gasteiger partial charge in [0.25, 0.3) is 0 Å². The van der Waals surface area contributed by atoms with E-state index in [0.29, 0.717) is 12.5 Å². The summed E-state index contributed by atoms with van der Waals surface area (Å²) in [6.45, 7) is 0.412. The molecule has 0 spiro atoms. The smallest absolute Gasteiger partial charge is 0.0462 e. The molecule has 1 saturated carbocycles. The second-order valence-corrected chi connectivity index (χ2v) is 4.24. The first-order valence-electron chi connectivity index (χ1n) is 5.17. The van der Waals surface area contributed by atoms with Gasteiger partial charge in [-0.2, -0.15) is 0 Å². The van der Waals surface area contributed by atoms with Crippen molar-refractivity contribution in [3.8, 4) is 0 Å². The van der Waals surface area contributed by atoms with E-state index in [2.05, 4.69) is 12.2 Å². The molecule has 0 saturated heterocycles. The molecule has 0 amide bonds. The molecule has 3 atom stereocenters. The van der Waals surface area contributed by atoms with Gasteiger partial charge in [-0.3, -0.25) is 0 Å². The highest BCUT2D eigenvalue weighted by Gasteiger charge is 2.32. The first-order valence-corrected chi connectivity index (χ1v) is 5.17. The van der Waals surface area contributed by atoms with Gasteiger partial charge in [0.1, 0.15) is 0 Å². The molecule has 2 rings (SSSR count). The Labute approximate surface area is 74.5 Å². The van der Waals surface area contributed by atoms with Crippen molar-refractivity contribution in [2.75, 3.05) is 6.61 Å². The van der Waals surface area contributed by atoms with E-state index in [1.54, 1.807) is 0 Å². The van der Waals surface area contributed by atoms with Gasteiger partial charge < -0.3 is 5.11 Å². The fourth-order valence-corrected chi connectivity index (χ4v) is 2.88. The monoisotopic (exact) mass is 166 g/mol. The minimum Gasteiger partial charge on any atom is -0.396 e. The molecule has 0 aromatic heterocycles. The van der Waals surface area contributed by atoms with Crippen LogP contribution in [0, 0.1) is 17.8 Å². The van der Waals surface area contributed by atoms with Crippen molar-refractivity contribution in [3.05, 3.63) is 12.2 Å². The summed E-state index contributed by atoms with van der Waals surface area (Å²) in [4.78, 5) is 0. The van der Waals surface area contributed by atoms with Crippen LogP contribution in [0.4, 0.5) is 0 Å². The maximum Gasteiger partial charge on any atom is 0.0462 e. The number of allylic oxidation sites excluding steroid dienone is 2. The highest BCUT2D eigenvalue weighted by Crippen LogP contribution is 2.41. The quantitative estimate of drug-likeness (QED) is 0.593. The van der Waals surface area contributed by atoms with E-state index < -0.39 is 0 Å². The van der Waals surface area contributed by atoms with Gasteiger partial charge in [0, 0.05) is 6.61 Å². The fraction of sp³-hybridized carbons (Fsp3) is 0.818. The van der Waals surface area contributed by atoms with E-state index in [-0.39, 0.29) is 0 Å². The molecule has 2 aliphatic rings. The molecule has 12 heavy (non-hydrogen) atoms. The van der Waals surface area contributed by atoms with Gasteiger partial charge in [-0.05, 0) is 43.4 Å². The summed E-state index contributed by atoms with van der Waals surface area (Å²) in [5, 5.41) is 9.21. The first kappa shape index (κ1) is 8.31. The summed E-state index contributed by atoms with van der Waals surface area (Å²) in [7, 11) is 0. The van der Waals surface area contributed by atoms with Crippen LogP contribution in [-0.2, 0) is 0 Å². The lowest BCUT2D eigenvalue weighted by molar-refractivity contribution is 0.0879. The Balaban J connectivity index is 2.05. The van der Waals surface area contributed by atoms with Gasteiger partial charge in [-0.25, -0.2) is 0 Å². The third-order valence-corrected chi connectivity index (χ3v) is 3.61. The lowest BCUT2D eigenvalue weighted by atomic mass is 9.68. The number of hydrogen-bond donors (Lipinski definition) is 1. The lowest BCUT2D eigenvalue weighted by Gasteiger charge is -2.38. The molecule has 0 aromatic carbocycles. The van der Waals surface area contributed by atoms with E-state index in [1.165, 1.54) is 32.1 Å². The zero-order chi connectivity index (χ0) is 8.39. The predicted molar refractivity (Wildman–Crippen MR) is 49.8 cm³/mol. The average Bonchev–Trinajstić information content (AvgIpc) is 2.17. The fourth-order valence-electron chi connectivity index (χ4n) is 2.88. The Hall–Kier alpha value is -0.300. The third-order valence-electron chi connectivity index (χ3n) is 3.61. The summed E-state index contributed by atoms with van der Waals surface area (Å²) in [6.07, 6.45) is 11.1. The lowest BCUT2D eigenvalue weighted by Crippen LogP contribution is -2.31. The van der Waals surface area contributed by atoms with Crippen LogP contribution < -0.4 is 0 Å². The summed E-state index contributed by atoms with van der Waals surface area (Å²) in [6, 6.07) is 0. The molecule has 0 heterocycles. The van der Waals surface area contributed by atoms with Crippen molar-refractivity contribution in [2.45, 2.75) is 32.1 Å². The molecule has 1 nitrogen and oxygen atoms in total. The number of aliphatic hydroxyl groups excluding tert-OH is 1. The standard InChI is InChI=1S/C11H18O/c12-8-10-6-3-5-9-4-1-2-7-11(9)10/h1-2,9-12H,3-8H2. The van der Waals surface area contributed by atoms with E-state index in [0.717, 1.165) is 11.8 Å². The molecule has 1 fully saturated rings. The van der Waals surface area contributed by atoms with Crippen molar-refractivity contribution >= 4 is 0 Å². The Morgan fingerprint density at radius 2 is 2.00 bits per heavy atom. The third kappa shape index (κ3) is 1.42. The molecule has 2 aliphatic carbocycles. The van der Waals surface area contributed by atoms with Crippen LogP contribution in [0.2, 0.25) is 0 Å². The van der Waals surface area contributed by atoms with Crippen molar-refractivity contribution in [1.82, 2.24) is 0 Å². The van der Waals surface area contributed by atoms with Crippen LogP contribution >= 0.6 is 0 Å². The minimum absolute atomic E-state index is 0.412. The van der Waals surface area contributed by atoms with Gasteiger partial charge >= 0.3 is 0 Å². The summed E-state index contributed by atoms with van der Waals surface area (Å²) >= 11 is 0. The van der Waals surface area contributed by atoms with Crippen molar-refractivity contribution < 1.29 is 5.11 Å². The molecule has 0 aromatic rings. The molecular formula is C11H18O. The predicted octanol–water partition coefficient (Wildman–Crippen LogP) is 2.36. The zero-order valence-electron chi connectivity index (χ0n) is 7.58. The number of fused-ring (bicyclic) bond motifs is 1. The molecule has 0 bridgehead atoms. The highest BCUT2D eigenvalue weighted by molar-refractivity contribution is 4.98.